The first-order valence-corrected chi connectivity index (χ1v) is 4.97. The van der Waals surface area contributed by atoms with E-state index in [4.69, 9.17) is 5.73 Å². The Bertz CT molecular complexity index is 279. The standard InChI is InChI=1S/C9H19N5/c1-7(2)6-8-12-9(11-5-4-10)14(3)13-8/h7H,4-6,10H2,1-3H3,(H,11,12,13). The van der Waals surface area contributed by atoms with E-state index in [9.17, 15) is 0 Å². The van der Waals surface area contributed by atoms with E-state index in [1.54, 1.807) is 4.68 Å². The van der Waals surface area contributed by atoms with Crippen molar-refractivity contribution in [3.8, 4) is 0 Å². The number of aromatic nitrogens is 3. The number of nitrogens with two attached hydrogens (primary N) is 1. The number of hydrogen-bond acceptors (Lipinski definition) is 4. The van der Waals surface area contributed by atoms with Crippen LogP contribution in [0.15, 0.2) is 0 Å². The molecule has 0 aliphatic heterocycles. The molecule has 0 atom stereocenters. The maximum absolute atomic E-state index is 5.39. The van der Waals surface area contributed by atoms with Gasteiger partial charge in [0.25, 0.3) is 0 Å². The lowest BCUT2D eigenvalue weighted by Crippen LogP contribution is -2.15. The van der Waals surface area contributed by atoms with Gasteiger partial charge in [0.05, 0.1) is 0 Å². The second-order valence-electron chi connectivity index (χ2n) is 3.79. The number of anilines is 1. The van der Waals surface area contributed by atoms with Crippen LogP contribution in [0.2, 0.25) is 0 Å². The second-order valence-corrected chi connectivity index (χ2v) is 3.79. The summed E-state index contributed by atoms with van der Waals surface area (Å²) in [4.78, 5) is 4.37. The Balaban J connectivity index is 2.62. The fourth-order valence-electron chi connectivity index (χ4n) is 1.23. The third kappa shape index (κ3) is 2.99. The molecule has 0 saturated carbocycles. The number of nitrogens with one attached hydrogen (secondary N) is 1. The highest BCUT2D eigenvalue weighted by Gasteiger charge is 2.07. The minimum Gasteiger partial charge on any atom is -0.353 e. The molecule has 0 aliphatic rings. The molecule has 1 heterocycles. The molecule has 0 radical (unpaired) electrons. The molecule has 1 rings (SSSR count). The van der Waals surface area contributed by atoms with E-state index in [-0.39, 0.29) is 0 Å². The molecule has 0 fully saturated rings. The van der Waals surface area contributed by atoms with Gasteiger partial charge in [0.2, 0.25) is 5.95 Å². The Morgan fingerprint density at radius 3 is 2.79 bits per heavy atom. The maximum atomic E-state index is 5.39. The van der Waals surface area contributed by atoms with E-state index in [2.05, 4.69) is 29.2 Å². The van der Waals surface area contributed by atoms with E-state index in [1.165, 1.54) is 0 Å². The Morgan fingerprint density at radius 2 is 2.21 bits per heavy atom. The fourth-order valence-corrected chi connectivity index (χ4v) is 1.23. The topological polar surface area (TPSA) is 68.8 Å². The first-order valence-electron chi connectivity index (χ1n) is 4.97. The number of aryl methyl sites for hydroxylation is 1. The molecule has 5 nitrogen and oxygen atoms in total. The molecular formula is C9H19N5. The van der Waals surface area contributed by atoms with Crippen LogP contribution in [0, 0.1) is 5.92 Å². The van der Waals surface area contributed by atoms with Crippen molar-refractivity contribution < 1.29 is 0 Å². The van der Waals surface area contributed by atoms with Crippen LogP contribution in [0.1, 0.15) is 19.7 Å². The van der Waals surface area contributed by atoms with Gasteiger partial charge >= 0.3 is 0 Å². The lowest BCUT2D eigenvalue weighted by atomic mass is 10.1. The largest absolute Gasteiger partial charge is 0.353 e. The van der Waals surface area contributed by atoms with Gasteiger partial charge in [0, 0.05) is 26.6 Å². The van der Waals surface area contributed by atoms with Crippen LogP contribution in [0.4, 0.5) is 5.95 Å². The van der Waals surface area contributed by atoms with Gasteiger partial charge in [-0.15, -0.1) is 0 Å². The van der Waals surface area contributed by atoms with Gasteiger partial charge < -0.3 is 11.1 Å². The van der Waals surface area contributed by atoms with Crippen molar-refractivity contribution in [2.45, 2.75) is 20.3 Å². The van der Waals surface area contributed by atoms with Crippen molar-refractivity contribution in [1.82, 2.24) is 14.8 Å². The van der Waals surface area contributed by atoms with E-state index in [1.807, 2.05) is 7.05 Å². The van der Waals surface area contributed by atoms with Crippen LogP contribution in [0.3, 0.4) is 0 Å². The van der Waals surface area contributed by atoms with E-state index >= 15 is 0 Å². The number of rotatable bonds is 5. The molecule has 5 heteroatoms. The van der Waals surface area contributed by atoms with Gasteiger partial charge in [0.15, 0.2) is 5.82 Å². The van der Waals surface area contributed by atoms with E-state index in [0.717, 1.165) is 24.7 Å². The van der Waals surface area contributed by atoms with Gasteiger partial charge in [-0.1, -0.05) is 13.8 Å². The molecule has 0 unspecified atom stereocenters. The highest BCUT2D eigenvalue weighted by atomic mass is 15.4. The Kier molecular flexibility index (Phi) is 3.88. The van der Waals surface area contributed by atoms with Crippen molar-refractivity contribution in [3.05, 3.63) is 5.82 Å². The smallest absolute Gasteiger partial charge is 0.221 e. The van der Waals surface area contributed by atoms with E-state index in [0.29, 0.717) is 12.5 Å². The zero-order valence-electron chi connectivity index (χ0n) is 9.12. The first-order chi connectivity index (χ1) is 6.63. The van der Waals surface area contributed by atoms with Crippen LogP contribution in [-0.4, -0.2) is 27.9 Å². The lowest BCUT2D eigenvalue weighted by molar-refractivity contribution is 0.613. The normalized spacial score (nSPS) is 10.9. The zero-order valence-corrected chi connectivity index (χ0v) is 9.12. The Labute approximate surface area is 84.7 Å². The van der Waals surface area contributed by atoms with Crippen molar-refractivity contribution >= 4 is 5.95 Å². The molecule has 0 amide bonds. The van der Waals surface area contributed by atoms with Crippen molar-refractivity contribution in [2.24, 2.45) is 18.7 Å². The summed E-state index contributed by atoms with van der Waals surface area (Å²) >= 11 is 0. The van der Waals surface area contributed by atoms with Gasteiger partial charge in [-0.25, -0.2) is 4.68 Å². The van der Waals surface area contributed by atoms with Gasteiger partial charge in [-0.3, -0.25) is 0 Å². The van der Waals surface area contributed by atoms with Crippen LogP contribution < -0.4 is 11.1 Å². The number of nitrogens with zero attached hydrogens (tertiary/aromatic N) is 3. The highest BCUT2D eigenvalue weighted by Crippen LogP contribution is 2.07. The quantitative estimate of drug-likeness (QED) is 0.716. The Hall–Kier alpha value is -1.10. The summed E-state index contributed by atoms with van der Waals surface area (Å²) in [7, 11) is 1.88. The van der Waals surface area contributed by atoms with Gasteiger partial charge in [-0.05, 0) is 5.92 Å². The third-order valence-corrected chi connectivity index (χ3v) is 1.83. The highest BCUT2D eigenvalue weighted by molar-refractivity contribution is 5.24. The SMILES string of the molecule is CC(C)Cc1nc(NCCN)n(C)n1. The predicted molar refractivity (Wildman–Crippen MR) is 57.1 cm³/mol. The number of hydrogen-bond donors (Lipinski definition) is 2. The summed E-state index contributed by atoms with van der Waals surface area (Å²) in [5.41, 5.74) is 5.39. The second kappa shape index (κ2) is 4.95. The van der Waals surface area contributed by atoms with Crippen LogP contribution in [0.25, 0.3) is 0 Å². The molecule has 0 aliphatic carbocycles. The average molecular weight is 197 g/mol. The van der Waals surface area contributed by atoms with Gasteiger partial charge in [-0.2, -0.15) is 10.1 Å². The van der Waals surface area contributed by atoms with Crippen molar-refractivity contribution in [1.29, 1.82) is 0 Å². The molecule has 80 valence electrons. The molecule has 0 aromatic carbocycles. The fraction of sp³-hybridized carbons (Fsp3) is 0.778. The molecule has 0 spiro atoms. The molecular weight excluding hydrogens is 178 g/mol. The summed E-state index contributed by atoms with van der Waals surface area (Å²) in [5.74, 6) is 2.27. The molecule has 1 aromatic heterocycles. The van der Waals surface area contributed by atoms with Crippen LogP contribution in [0.5, 0.6) is 0 Å². The van der Waals surface area contributed by atoms with Crippen molar-refractivity contribution in [3.63, 3.8) is 0 Å². The molecule has 3 N–H and O–H groups in total. The summed E-state index contributed by atoms with van der Waals surface area (Å²) in [6.07, 6.45) is 0.915. The van der Waals surface area contributed by atoms with Crippen LogP contribution >= 0.6 is 0 Å². The van der Waals surface area contributed by atoms with Crippen LogP contribution in [-0.2, 0) is 13.5 Å². The predicted octanol–water partition coefficient (Wildman–Crippen LogP) is 0.384. The summed E-state index contributed by atoms with van der Waals surface area (Å²) in [5, 5.41) is 7.43. The summed E-state index contributed by atoms with van der Waals surface area (Å²) in [6, 6.07) is 0. The zero-order chi connectivity index (χ0) is 10.6. The average Bonchev–Trinajstić information content (AvgIpc) is 2.41. The minimum absolute atomic E-state index is 0.583. The molecule has 1 aromatic rings. The molecule has 0 saturated heterocycles. The minimum atomic E-state index is 0.583. The van der Waals surface area contributed by atoms with E-state index < -0.39 is 0 Å². The monoisotopic (exact) mass is 197 g/mol. The van der Waals surface area contributed by atoms with Crippen molar-refractivity contribution in [2.75, 3.05) is 18.4 Å². The molecule has 0 bridgehead atoms. The Morgan fingerprint density at radius 1 is 1.50 bits per heavy atom. The maximum Gasteiger partial charge on any atom is 0.221 e. The summed E-state index contributed by atoms with van der Waals surface area (Å²) < 4.78 is 1.76. The lowest BCUT2D eigenvalue weighted by Gasteiger charge is -2.00. The molecule has 14 heavy (non-hydrogen) atoms. The third-order valence-electron chi connectivity index (χ3n) is 1.83. The summed E-state index contributed by atoms with van der Waals surface area (Å²) in [6.45, 7) is 5.65. The first kappa shape index (κ1) is 11.0. The van der Waals surface area contributed by atoms with Gasteiger partial charge in [0.1, 0.15) is 0 Å².